The van der Waals surface area contributed by atoms with Crippen molar-refractivity contribution in [3.8, 4) is 5.88 Å². The fraction of sp³-hybridized carbons (Fsp3) is 0.455. The lowest BCUT2D eigenvalue weighted by Crippen LogP contribution is -2.59. The molecule has 0 bridgehead atoms. The topological polar surface area (TPSA) is 62.7 Å². The minimum Gasteiger partial charge on any atom is -0.480 e. The van der Waals surface area contributed by atoms with Crippen LogP contribution in [-0.2, 0) is 5.60 Å². The van der Waals surface area contributed by atoms with Gasteiger partial charge in [-0.3, -0.25) is 4.79 Å². The number of hydrogen-bond acceptors (Lipinski definition) is 4. The fourth-order valence-electron chi connectivity index (χ4n) is 4.89. The number of rotatable bonds is 3. The third-order valence-corrected chi connectivity index (χ3v) is 6.21. The maximum Gasteiger partial charge on any atom is 0.259 e. The minimum absolute atomic E-state index is 0.0371. The Labute approximate surface area is 160 Å². The predicted molar refractivity (Wildman–Crippen MR) is 103 cm³/mol. The summed E-state index contributed by atoms with van der Waals surface area (Å²) in [6.07, 6.45) is 6.21. The van der Waals surface area contributed by atoms with E-state index in [1.165, 1.54) is 7.11 Å². The van der Waals surface area contributed by atoms with Crippen LogP contribution in [0.1, 0.15) is 48.0 Å². The van der Waals surface area contributed by atoms with E-state index in [9.17, 15) is 9.90 Å². The molecule has 4 rings (SSSR count). The Balaban J connectivity index is 1.67. The molecule has 1 saturated heterocycles. The van der Waals surface area contributed by atoms with Crippen molar-refractivity contribution in [3.63, 3.8) is 0 Å². The number of benzene rings is 1. The highest BCUT2D eigenvalue weighted by molar-refractivity contribution is 5.96. The van der Waals surface area contributed by atoms with Gasteiger partial charge in [0.1, 0.15) is 5.56 Å². The quantitative estimate of drug-likeness (QED) is 0.905. The zero-order valence-corrected chi connectivity index (χ0v) is 15.7. The summed E-state index contributed by atoms with van der Waals surface area (Å²) in [7, 11) is 1.53. The molecule has 5 nitrogen and oxygen atoms in total. The SMILES string of the molecule is COc1ncccc1C(=O)N1CCC(O)(c2ccccc2)C2CCCCC21. The van der Waals surface area contributed by atoms with Gasteiger partial charge in [0, 0.05) is 24.7 Å². The monoisotopic (exact) mass is 366 g/mol. The van der Waals surface area contributed by atoms with Crippen LogP contribution in [0.4, 0.5) is 0 Å². The first kappa shape index (κ1) is 18.0. The van der Waals surface area contributed by atoms with Gasteiger partial charge in [0.25, 0.3) is 5.91 Å². The van der Waals surface area contributed by atoms with Gasteiger partial charge in [-0.25, -0.2) is 4.98 Å². The highest BCUT2D eigenvalue weighted by Crippen LogP contribution is 2.47. The first-order chi connectivity index (χ1) is 13.1. The third-order valence-electron chi connectivity index (χ3n) is 6.21. The molecule has 1 aromatic heterocycles. The van der Waals surface area contributed by atoms with Gasteiger partial charge in [0.2, 0.25) is 5.88 Å². The molecule has 2 heterocycles. The fourth-order valence-corrected chi connectivity index (χ4v) is 4.89. The van der Waals surface area contributed by atoms with Gasteiger partial charge in [0.15, 0.2) is 0 Å². The summed E-state index contributed by atoms with van der Waals surface area (Å²) < 4.78 is 5.30. The van der Waals surface area contributed by atoms with E-state index in [1.807, 2.05) is 35.2 Å². The van der Waals surface area contributed by atoms with Crippen LogP contribution < -0.4 is 4.74 Å². The molecule has 142 valence electrons. The molecule has 1 aromatic carbocycles. The van der Waals surface area contributed by atoms with Crippen LogP contribution in [0.3, 0.4) is 0 Å². The number of amides is 1. The Kier molecular flexibility index (Phi) is 4.87. The molecule has 0 spiro atoms. The lowest BCUT2D eigenvalue weighted by Gasteiger charge is -2.52. The van der Waals surface area contributed by atoms with Crippen molar-refractivity contribution in [2.45, 2.75) is 43.7 Å². The van der Waals surface area contributed by atoms with Crippen LogP contribution in [0.2, 0.25) is 0 Å². The molecule has 0 radical (unpaired) electrons. The van der Waals surface area contributed by atoms with Crippen molar-refractivity contribution in [1.29, 1.82) is 0 Å². The van der Waals surface area contributed by atoms with Crippen LogP contribution in [0.5, 0.6) is 5.88 Å². The molecule has 1 N–H and O–H groups in total. The molecular weight excluding hydrogens is 340 g/mol. The van der Waals surface area contributed by atoms with Gasteiger partial charge in [-0.05, 0) is 37.0 Å². The van der Waals surface area contributed by atoms with Gasteiger partial charge >= 0.3 is 0 Å². The van der Waals surface area contributed by atoms with E-state index in [-0.39, 0.29) is 17.9 Å². The maximum absolute atomic E-state index is 13.3. The molecule has 5 heteroatoms. The minimum atomic E-state index is -0.873. The van der Waals surface area contributed by atoms with Crippen LogP contribution in [-0.4, -0.2) is 40.6 Å². The average molecular weight is 366 g/mol. The molecule has 3 unspecified atom stereocenters. The average Bonchev–Trinajstić information content (AvgIpc) is 2.74. The second-order valence-electron chi connectivity index (χ2n) is 7.56. The molecule has 2 aromatic rings. The summed E-state index contributed by atoms with van der Waals surface area (Å²) in [5.74, 6) is 0.361. The number of nitrogens with zero attached hydrogens (tertiary/aromatic N) is 2. The van der Waals surface area contributed by atoms with Gasteiger partial charge in [0.05, 0.1) is 12.7 Å². The lowest BCUT2D eigenvalue weighted by molar-refractivity contribution is -0.110. The molecule has 1 aliphatic carbocycles. The van der Waals surface area contributed by atoms with E-state index < -0.39 is 5.60 Å². The van der Waals surface area contributed by atoms with Gasteiger partial charge in [-0.15, -0.1) is 0 Å². The second kappa shape index (κ2) is 7.31. The molecule has 2 aliphatic rings. The summed E-state index contributed by atoms with van der Waals surface area (Å²) in [6.45, 7) is 0.531. The van der Waals surface area contributed by atoms with Crippen molar-refractivity contribution >= 4 is 5.91 Å². The van der Waals surface area contributed by atoms with Gasteiger partial charge in [-0.2, -0.15) is 0 Å². The van der Waals surface area contributed by atoms with E-state index in [4.69, 9.17) is 4.74 Å². The van der Waals surface area contributed by atoms with Crippen molar-refractivity contribution < 1.29 is 14.6 Å². The molecule has 1 saturated carbocycles. The predicted octanol–water partition coefficient (Wildman–Crippen LogP) is 3.38. The molecular formula is C22H26N2O3. The van der Waals surface area contributed by atoms with E-state index >= 15 is 0 Å². The number of methoxy groups -OCH3 is 1. The number of aromatic nitrogens is 1. The summed E-state index contributed by atoms with van der Waals surface area (Å²) in [6, 6.07) is 13.5. The van der Waals surface area contributed by atoms with E-state index in [2.05, 4.69) is 4.98 Å². The number of aliphatic hydroxyl groups is 1. The number of carbonyl (C=O) groups is 1. The largest absolute Gasteiger partial charge is 0.480 e. The van der Waals surface area contributed by atoms with Crippen molar-refractivity contribution in [2.24, 2.45) is 5.92 Å². The highest BCUT2D eigenvalue weighted by atomic mass is 16.5. The van der Waals surface area contributed by atoms with Gasteiger partial charge in [-0.1, -0.05) is 43.2 Å². The lowest BCUT2D eigenvalue weighted by atomic mass is 9.66. The number of ether oxygens (including phenoxy) is 1. The number of likely N-dealkylation sites (tertiary alicyclic amines) is 1. The third kappa shape index (κ3) is 3.10. The molecule has 1 amide bonds. The van der Waals surface area contributed by atoms with Crippen LogP contribution in [0, 0.1) is 5.92 Å². The summed E-state index contributed by atoms with van der Waals surface area (Å²) in [5.41, 5.74) is 0.588. The van der Waals surface area contributed by atoms with E-state index in [0.29, 0.717) is 24.4 Å². The maximum atomic E-state index is 13.3. The zero-order valence-electron chi connectivity index (χ0n) is 15.7. The number of carbonyl (C=O) groups excluding carboxylic acids is 1. The van der Waals surface area contributed by atoms with Crippen LogP contribution in [0.25, 0.3) is 0 Å². The molecule has 27 heavy (non-hydrogen) atoms. The van der Waals surface area contributed by atoms with Crippen molar-refractivity contribution in [1.82, 2.24) is 9.88 Å². The van der Waals surface area contributed by atoms with Crippen LogP contribution >= 0.6 is 0 Å². The second-order valence-corrected chi connectivity index (χ2v) is 7.56. The van der Waals surface area contributed by atoms with Gasteiger partial charge < -0.3 is 14.7 Å². The highest BCUT2D eigenvalue weighted by Gasteiger charge is 2.50. The normalized spacial score (nSPS) is 27.7. The Morgan fingerprint density at radius 1 is 1.19 bits per heavy atom. The van der Waals surface area contributed by atoms with Crippen molar-refractivity contribution in [2.75, 3.05) is 13.7 Å². The number of hydrogen-bond donors (Lipinski definition) is 1. The zero-order chi connectivity index (χ0) is 18.9. The number of pyridine rings is 1. The molecule has 3 atom stereocenters. The number of fused-ring (bicyclic) bond motifs is 1. The Morgan fingerprint density at radius 3 is 2.74 bits per heavy atom. The van der Waals surface area contributed by atoms with E-state index in [1.54, 1.807) is 18.3 Å². The smallest absolute Gasteiger partial charge is 0.259 e. The Morgan fingerprint density at radius 2 is 1.96 bits per heavy atom. The Hall–Kier alpha value is -2.40. The first-order valence-corrected chi connectivity index (χ1v) is 9.73. The summed E-state index contributed by atoms with van der Waals surface area (Å²) in [4.78, 5) is 19.4. The van der Waals surface area contributed by atoms with Crippen molar-refractivity contribution in [3.05, 3.63) is 59.8 Å². The molecule has 1 aliphatic heterocycles. The van der Waals surface area contributed by atoms with E-state index in [0.717, 1.165) is 31.2 Å². The summed E-state index contributed by atoms with van der Waals surface area (Å²) in [5, 5.41) is 11.6. The number of piperidine rings is 1. The van der Waals surface area contributed by atoms with Crippen LogP contribution in [0.15, 0.2) is 48.7 Å². The first-order valence-electron chi connectivity index (χ1n) is 9.73. The summed E-state index contributed by atoms with van der Waals surface area (Å²) >= 11 is 0. The Bertz CT molecular complexity index is 810. The molecule has 2 fully saturated rings. The standard InChI is InChI=1S/C22H26N2O3/c1-27-20-17(10-7-14-23-20)21(25)24-15-13-22(26,16-8-3-2-4-9-16)18-11-5-6-12-19(18)24/h2-4,7-10,14,18-19,26H,5-6,11-13,15H2,1H3.